The number of thiazole rings is 1. The first-order chi connectivity index (χ1) is 7.08. The van der Waals surface area contributed by atoms with Gasteiger partial charge in [0.1, 0.15) is 5.82 Å². The Morgan fingerprint density at radius 3 is 2.60 bits per heavy atom. The summed E-state index contributed by atoms with van der Waals surface area (Å²) >= 11 is 1.17. The van der Waals surface area contributed by atoms with Gasteiger partial charge in [-0.15, -0.1) is 0 Å². The van der Waals surface area contributed by atoms with Gasteiger partial charge >= 0.3 is 4.87 Å². The summed E-state index contributed by atoms with van der Waals surface area (Å²) in [6, 6.07) is 4.83. The predicted octanol–water partition coefficient (Wildman–Crippen LogP) is 2.86. The summed E-state index contributed by atoms with van der Waals surface area (Å²) in [7, 11) is 0. The van der Waals surface area contributed by atoms with Gasteiger partial charge in [-0.25, -0.2) is 4.39 Å². The quantitative estimate of drug-likeness (QED) is 0.792. The van der Waals surface area contributed by atoms with E-state index in [-0.39, 0.29) is 10.7 Å². The van der Waals surface area contributed by atoms with Crippen LogP contribution in [0.5, 0.6) is 0 Å². The molecule has 0 radical (unpaired) electrons. The van der Waals surface area contributed by atoms with E-state index in [2.05, 4.69) is 4.98 Å². The third kappa shape index (κ3) is 1.85. The lowest BCUT2D eigenvalue weighted by atomic mass is 10.1. The second-order valence-corrected chi connectivity index (χ2v) is 4.60. The molecule has 1 aromatic carbocycles. The number of halogens is 1. The lowest BCUT2D eigenvalue weighted by molar-refractivity contribution is 0.619. The highest BCUT2D eigenvalue weighted by Crippen LogP contribution is 2.23. The molecule has 0 amide bonds. The number of aromatic amines is 1. The van der Waals surface area contributed by atoms with Crippen LogP contribution in [0.4, 0.5) is 4.39 Å². The number of nitrogens with one attached hydrogen (secondary N) is 1. The number of H-pyrrole nitrogens is 1. The van der Waals surface area contributed by atoms with Gasteiger partial charge < -0.3 is 4.98 Å². The molecule has 0 fully saturated rings. The first-order valence-electron chi connectivity index (χ1n) is 4.54. The Morgan fingerprint density at radius 1 is 1.33 bits per heavy atom. The van der Waals surface area contributed by atoms with Gasteiger partial charge in [0.25, 0.3) is 0 Å². The van der Waals surface area contributed by atoms with E-state index in [0.717, 1.165) is 16.1 Å². The summed E-state index contributed by atoms with van der Waals surface area (Å²) in [5, 5.41) is 0. The molecule has 1 N–H and O–H groups in total. The molecule has 0 saturated carbocycles. The van der Waals surface area contributed by atoms with Crippen LogP contribution >= 0.6 is 11.3 Å². The molecule has 15 heavy (non-hydrogen) atoms. The molecule has 2 aromatic rings. The standard InChI is InChI=1S/C11H10FNOS/c1-6-5-8(3-4-9(6)12)10-7(2)15-11(14)13-10/h3-5H,1-2H3,(H,13,14). The van der Waals surface area contributed by atoms with Crippen molar-refractivity contribution in [1.82, 2.24) is 4.98 Å². The van der Waals surface area contributed by atoms with Gasteiger partial charge in [0.05, 0.1) is 5.69 Å². The minimum absolute atomic E-state index is 0.0792. The van der Waals surface area contributed by atoms with Crippen LogP contribution in [0.1, 0.15) is 10.4 Å². The molecular weight excluding hydrogens is 213 g/mol. The fourth-order valence-corrected chi connectivity index (χ4v) is 2.18. The molecule has 0 bridgehead atoms. The molecule has 0 aliphatic heterocycles. The first kappa shape index (κ1) is 10.1. The molecule has 2 rings (SSSR count). The van der Waals surface area contributed by atoms with Crippen LogP contribution in [0, 0.1) is 19.7 Å². The highest BCUT2D eigenvalue weighted by molar-refractivity contribution is 7.09. The highest BCUT2D eigenvalue weighted by Gasteiger charge is 2.07. The molecule has 0 spiro atoms. The number of aryl methyl sites for hydroxylation is 2. The van der Waals surface area contributed by atoms with Crippen LogP contribution in [0.25, 0.3) is 11.3 Å². The fraction of sp³-hybridized carbons (Fsp3) is 0.182. The number of rotatable bonds is 1. The zero-order valence-electron chi connectivity index (χ0n) is 8.43. The van der Waals surface area contributed by atoms with Gasteiger partial charge in [-0.05, 0) is 43.2 Å². The molecule has 0 saturated heterocycles. The Labute approximate surface area is 90.4 Å². The predicted molar refractivity (Wildman–Crippen MR) is 59.8 cm³/mol. The van der Waals surface area contributed by atoms with Gasteiger partial charge in [-0.2, -0.15) is 0 Å². The monoisotopic (exact) mass is 223 g/mol. The number of aromatic nitrogens is 1. The van der Waals surface area contributed by atoms with E-state index in [1.807, 2.05) is 6.92 Å². The van der Waals surface area contributed by atoms with Gasteiger partial charge in [0.2, 0.25) is 0 Å². The minimum atomic E-state index is -0.228. The molecule has 2 nitrogen and oxygen atoms in total. The van der Waals surface area contributed by atoms with Crippen LogP contribution in [0.2, 0.25) is 0 Å². The molecule has 0 unspecified atom stereocenters. The molecule has 1 heterocycles. The Kier molecular flexibility index (Phi) is 2.44. The Balaban J connectivity index is 2.59. The van der Waals surface area contributed by atoms with E-state index >= 15 is 0 Å². The Bertz CT molecular complexity index is 556. The maximum Gasteiger partial charge on any atom is 0.305 e. The summed E-state index contributed by atoms with van der Waals surface area (Å²) < 4.78 is 13.1. The van der Waals surface area contributed by atoms with Gasteiger partial charge in [0.15, 0.2) is 0 Å². The van der Waals surface area contributed by atoms with E-state index in [4.69, 9.17) is 0 Å². The lowest BCUT2D eigenvalue weighted by Crippen LogP contribution is -1.93. The maximum absolute atomic E-state index is 13.1. The average Bonchev–Trinajstić information content (AvgIpc) is 2.50. The molecule has 0 atom stereocenters. The number of benzene rings is 1. The second kappa shape index (κ2) is 3.62. The minimum Gasteiger partial charge on any atom is -0.312 e. The van der Waals surface area contributed by atoms with Crippen LogP contribution in [0.15, 0.2) is 23.0 Å². The second-order valence-electron chi connectivity index (χ2n) is 3.41. The molecule has 4 heteroatoms. The molecule has 78 valence electrons. The zero-order chi connectivity index (χ0) is 11.0. The van der Waals surface area contributed by atoms with Crippen LogP contribution in [-0.4, -0.2) is 4.98 Å². The van der Waals surface area contributed by atoms with Gasteiger partial charge in [-0.1, -0.05) is 11.3 Å². The van der Waals surface area contributed by atoms with E-state index in [9.17, 15) is 9.18 Å². The SMILES string of the molecule is Cc1cc(-c2[nH]c(=O)sc2C)ccc1F. The molecular formula is C11H10FNOS. The summed E-state index contributed by atoms with van der Waals surface area (Å²) in [6.45, 7) is 3.58. The smallest absolute Gasteiger partial charge is 0.305 e. The van der Waals surface area contributed by atoms with E-state index < -0.39 is 0 Å². The number of hydrogen-bond donors (Lipinski definition) is 1. The Morgan fingerprint density at radius 2 is 2.07 bits per heavy atom. The third-order valence-corrected chi connectivity index (χ3v) is 3.07. The van der Waals surface area contributed by atoms with Crippen molar-refractivity contribution in [3.05, 3.63) is 44.1 Å². The normalized spacial score (nSPS) is 10.6. The first-order valence-corrected chi connectivity index (χ1v) is 5.36. The van der Waals surface area contributed by atoms with Crippen molar-refractivity contribution in [2.75, 3.05) is 0 Å². The highest BCUT2D eigenvalue weighted by atomic mass is 32.1. The van der Waals surface area contributed by atoms with Crippen molar-refractivity contribution in [3.63, 3.8) is 0 Å². The molecule has 1 aromatic heterocycles. The lowest BCUT2D eigenvalue weighted by Gasteiger charge is -2.02. The summed E-state index contributed by atoms with van der Waals surface area (Å²) in [6.07, 6.45) is 0. The van der Waals surface area contributed by atoms with Crippen molar-refractivity contribution < 1.29 is 4.39 Å². The van der Waals surface area contributed by atoms with Crippen LogP contribution in [-0.2, 0) is 0 Å². The van der Waals surface area contributed by atoms with E-state index in [1.54, 1.807) is 19.1 Å². The van der Waals surface area contributed by atoms with Gasteiger partial charge in [0, 0.05) is 4.88 Å². The zero-order valence-corrected chi connectivity index (χ0v) is 9.24. The van der Waals surface area contributed by atoms with Gasteiger partial charge in [-0.3, -0.25) is 4.79 Å². The van der Waals surface area contributed by atoms with Crippen molar-refractivity contribution in [3.8, 4) is 11.3 Å². The van der Waals surface area contributed by atoms with Crippen LogP contribution in [0.3, 0.4) is 0 Å². The van der Waals surface area contributed by atoms with Crippen molar-refractivity contribution in [2.24, 2.45) is 0 Å². The summed E-state index contributed by atoms with van der Waals surface area (Å²) in [4.78, 5) is 14.7. The topological polar surface area (TPSA) is 32.9 Å². The maximum atomic E-state index is 13.1. The fourth-order valence-electron chi connectivity index (χ4n) is 1.48. The molecule has 0 aliphatic carbocycles. The van der Waals surface area contributed by atoms with Crippen molar-refractivity contribution in [2.45, 2.75) is 13.8 Å². The van der Waals surface area contributed by atoms with Crippen molar-refractivity contribution >= 4 is 11.3 Å². The molecule has 0 aliphatic rings. The van der Waals surface area contributed by atoms with Crippen molar-refractivity contribution in [1.29, 1.82) is 0 Å². The largest absolute Gasteiger partial charge is 0.312 e. The van der Waals surface area contributed by atoms with E-state index in [0.29, 0.717) is 5.56 Å². The number of hydrogen-bond acceptors (Lipinski definition) is 2. The average molecular weight is 223 g/mol. The van der Waals surface area contributed by atoms with Crippen LogP contribution < -0.4 is 4.87 Å². The summed E-state index contributed by atoms with van der Waals surface area (Å²) in [5.74, 6) is -0.228. The third-order valence-electron chi connectivity index (χ3n) is 2.27. The van der Waals surface area contributed by atoms with E-state index in [1.165, 1.54) is 17.4 Å². The summed E-state index contributed by atoms with van der Waals surface area (Å²) in [5.41, 5.74) is 2.22. The Hall–Kier alpha value is -1.42.